The summed E-state index contributed by atoms with van der Waals surface area (Å²) < 4.78 is 1.20. The zero-order valence-corrected chi connectivity index (χ0v) is 14.0. The number of rotatable bonds is 3. The Labute approximate surface area is 131 Å². The molecule has 0 spiro atoms. The minimum absolute atomic E-state index is 0.856. The lowest BCUT2D eigenvalue weighted by molar-refractivity contribution is 0.177. The van der Waals surface area contributed by atoms with Gasteiger partial charge in [0.15, 0.2) is 0 Å². The zero-order valence-electron chi connectivity index (χ0n) is 12.4. The lowest BCUT2D eigenvalue weighted by Crippen LogP contribution is -2.34. The predicted molar refractivity (Wildman–Crippen MR) is 89.3 cm³/mol. The number of nitrogens with zero attached hydrogens (tertiary/aromatic N) is 2. The van der Waals surface area contributed by atoms with Gasteiger partial charge >= 0.3 is 0 Å². The van der Waals surface area contributed by atoms with Crippen LogP contribution in [0, 0.1) is 5.92 Å². The zero-order chi connectivity index (χ0) is 13.9. The van der Waals surface area contributed by atoms with Crippen LogP contribution in [-0.2, 0) is 6.54 Å². The van der Waals surface area contributed by atoms with Crippen molar-refractivity contribution < 1.29 is 0 Å². The molecule has 3 heteroatoms. The molecule has 0 aliphatic carbocycles. The first-order chi connectivity index (χ1) is 9.72. The molecule has 20 heavy (non-hydrogen) atoms. The van der Waals surface area contributed by atoms with E-state index in [0.717, 1.165) is 12.5 Å². The summed E-state index contributed by atoms with van der Waals surface area (Å²) in [5.41, 5.74) is 2.96. The molecule has 0 amide bonds. The minimum Gasteiger partial charge on any atom is -0.371 e. The number of anilines is 1. The third kappa shape index (κ3) is 3.37. The Morgan fingerprint density at radius 3 is 2.70 bits per heavy atom. The molecular formula is C17H25BrN2. The molecule has 1 atom stereocenters. The van der Waals surface area contributed by atoms with Gasteiger partial charge in [-0.3, -0.25) is 4.90 Å². The van der Waals surface area contributed by atoms with Gasteiger partial charge in [0.05, 0.1) is 0 Å². The molecule has 3 rings (SSSR count). The van der Waals surface area contributed by atoms with Crippen LogP contribution >= 0.6 is 15.9 Å². The van der Waals surface area contributed by atoms with E-state index < -0.39 is 0 Å². The molecule has 2 fully saturated rings. The Kier molecular flexibility index (Phi) is 4.67. The van der Waals surface area contributed by atoms with E-state index >= 15 is 0 Å². The highest BCUT2D eigenvalue weighted by molar-refractivity contribution is 9.10. The van der Waals surface area contributed by atoms with Crippen LogP contribution in [0.25, 0.3) is 0 Å². The predicted octanol–water partition coefficient (Wildman–Crippen LogP) is 4.28. The van der Waals surface area contributed by atoms with Crippen molar-refractivity contribution in [1.82, 2.24) is 4.90 Å². The number of hydrogen-bond acceptors (Lipinski definition) is 2. The monoisotopic (exact) mass is 336 g/mol. The molecule has 0 radical (unpaired) electrons. The van der Waals surface area contributed by atoms with Gasteiger partial charge in [0.1, 0.15) is 0 Å². The molecule has 0 bridgehead atoms. The average Bonchev–Trinajstić information content (AvgIpc) is 2.95. The highest BCUT2D eigenvalue weighted by Gasteiger charge is 2.20. The number of benzene rings is 1. The van der Waals surface area contributed by atoms with Gasteiger partial charge in [-0.2, -0.15) is 0 Å². The molecular weight excluding hydrogens is 312 g/mol. The van der Waals surface area contributed by atoms with Crippen LogP contribution in [0.15, 0.2) is 22.7 Å². The van der Waals surface area contributed by atoms with Crippen LogP contribution in [-0.4, -0.2) is 31.1 Å². The number of hydrogen-bond donors (Lipinski definition) is 0. The molecule has 2 heterocycles. The first-order valence-corrected chi connectivity index (χ1v) is 8.77. The van der Waals surface area contributed by atoms with E-state index in [9.17, 15) is 0 Å². The van der Waals surface area contributed by atoms with Gasteiger partial charge in [-0.05, 0) is 55.8 Å². The van der Waals surface area contributed by atoms with E-state index in [1.165, 1.54) is 67.6 Å². The summed E-state index contributed by atoms with van der Waals surface area (Å²) in [4.78, 5) is 5.20. The van der Waals surface area contributed by atoms with Gasteiger partial charge in [-0.15, -0.1) is 0 Å². The van der Waals surface area contributed by atoms with E-state index in [4.69, 9.17) is 0 Å². The van der Waals surface area contributed by atoms with Crippen molar-refractivity contribution >= 4 is 21.6 Å². The summed E-state index contributed by atoms with van der Waals surface area (Å²) in [6.45, 7) is 8.47. The number of piperidine rings is 1. The van der Waals surface area contributed by atoms with Crippen molar-refractivity contribution in [2.75, 3.05) is 31.1 Å². The van der Waals surface area contributed by atoms with Gasteiger partial charge in [0.25, 0.3) is 0 Å². The molecule has 1 aromatic rings. The van der Waals surface area contributed by atoms with Gasteiger partial charge in [-0.25, -0.2) is 0 Å². The second-order valence-corrected chi connectivity index (χ2v) is 7.37. The molecule has 0 saturated carbocycles. The maximum Gasteiger partial charge on any atom is 0.0423 e. The topological polar surface area (TPSA) is 6.48 Å². The molecule has 1 aromatic carbocycles. The fourth-order valence-corrected chi connectivity index (χ4v) is 3.94. The smallest absolute Gasteiger partial charge is 0.0423 e. The fourth-order valence-electron chi connectivity index (χ4n) is 3.59. The van der Waals surface area contributed by atoms with Gasteiger partial charge in [0.2, 0.25) is 0 Å². The Hall–Kier alpha value is -0.540. The van der Waals surface area contributed by atoms with Crippen LogP contribution in [0.5, 0.6) is 0 Å². The summed E-state index contributed by atoms with van der Waals surface area (Å²) in [6.07, 6.45) is 5.44. The van der Waals surface area contributed by atoms with Crippen molar-refractivity contribution in [1.29, 1.82) is 0 Å². The van der Waals surface area contributed by atoms with Crippen molar-refractivity contribution in [3.63, 3.8) is 0 Å². The first-order valence-electron chi connectivity index (χ1n) is 7.98. The van der Waals surface area contributed by atoms with Crippen LogP contribution in [0.3, 0.4) is 0 Å². The van der Waals surface area contributed by atoms with E-state index in [2.05, 4.69) is 50.9 Å². The van der Waals surface area contributed by atoms with Crippen LogP contribution < -0.4 is 4.90 Å². The summed E-state index contributed by atoms with van der Waals surface area (Å²) >= 11 is 3.64. The Morgan fingerprint density at radius 1 is 1.15 bits per heavy atom. The average molecular weight is 337 g/mol. The third-order valence-electron chi connectivity index (χ3n) is 4.63. The van der Waals surface area contributed by atoms with Crippen molar-refractivity contribution in [2.45, 2.75) is 39.2 Å². The van der Waals surface area contributed by atoms with Gasteiger partial charge in [-0.1, -0.05) is 28.9 Å². The van der Waals surface area contributed by atoms with Gasteiger partial charge < -0.3 is 4.90 Å². The third-order valence-corrected chi connectivity index (χ3v) is 5.12. The molecule has 2 aliphatic heterocycles. The molecule has 1 unspecified atom stereocenters. The van der Waals surface area contributed by atoms with Crippen LogP contribution in [0.4, 0.5) is 5.69 Å². The Morgan fingerprint density at radius 2 is 1.95 bits per heavy atom. The summed E-state index contributed by atoms with van der Waals surface area (Å²) in [5, 5.41) is 0. The second-order valence-electron chi connectivity index (χ2n) is 6.45. The lowest BCUT2D eigenvalue weighted by atomic mass is 9.99. The van der Waals surface area contributed by atoms with Gasteiger partial charge in [0, 0.05) is 36.3 Å². The molecule has 0 aromatic heterocycles. The second kappa shape index (κ2) is 6.48. The number of likely N-dealkylation sites (tertiary alicyclic amines) is 1. The van der Waals surface area contributed by atoms with Crippen molar-refractivity contribution in [2.24, 2.45) is 5.92 Å². The van der Waals surface area contributed by atoms with Crippen LogP contribution in [0.2, 0.25) is 0 Å². The Balaban J connectivity index is 1.77. The summed E-state index contributed by atoms with van der Waals surface area (Å²) in [6, 6.07) is 6.83. The molecule has 2 saturated heterocycles. The van der Waals surface area contributed by atoms with E-state index in [1.807, 2.05) is 0 Å². The minimum atomic E-state index is 0.856. The summed E-state index contributed by atoms with van der Waals surface area (Å²) in [5.74, 6) is 0.856. The highest BCUT2D eigenvalue weighted by Crippen LogP contribution is 2.30. The molecule has 2 nitrogen and oxygen atoms in total. The maximum absolute atomic E-state index is 3.64. The van der Waals surface area contributed by atoms with Crippen molar-refractivity contribution in [3.05, 3.63) is 28.2 Å². The quantitative estimate of drug-likeness (QED) is 0.812. The van der Waals surface area contributed by atoms with E-state index in [-0.39, 0.29) is 0 Å². The highest BCUT2D eigenvalue weighted by atomic mass is 79.9. The SMILES string of the molecule is CC1CCCN(Cc2ccc(Br)cc2N2CCCC2)C1. The maximum atomic E-state index is 3.64. The van der Waals surface area contributed by atoms with Crippen molar-refractivity contribution in [3.8, 4) is 0 Å². The van der Waals surface area contributed by atoms with E-state index in [0.29, 0.717) is 0 Å². The fraction of sp³-hybridized carbons (Fsp3) is 0.647. The molecule has 110 valence electrons. The van der Waals surface area contributed by atoms with Crippen LogP contribution in [0.1, 0.15) is 38.2 Å². The molecule has 2 aliphatic rings. The largest absolute Gasteiger partial charge is 0.371 e. The molecule has 0 N–H and O–H groups in total. The summed E-state index contributed by atoms with van der Waals surface area (Å²) in [7, 11) is 0. The Bertz CT molecular complexity index is 454. The lowest BCUT2D eigenvalue weighted by Gasteiger charge is -2.32. The standard InChI is InChI=1S/C17H25BrN2/c1-14-5-4-8-19(12-14)13-15-6-7-16(18)11-17(15)20-9-2-3-10-20/h6-7,11,14H,2-5,8-10,12-13H2,1H3. The first kappa shape index (κ1) is 14.4. The number of halogens is 1. The normalized spacial score (nSPS) is 24.3. The van der Waals surface area contributed by atoms with E-state index in [1.54, 1.807) is 0 Å².